The largest absolute Gasteiger partial charge is 0.483 e. The van der Waals surface area contributed by atoms with Gasteiger partial charge in [0.05, 0.1) is 0 Å². The summed E-state index contributed by atoms with van der Waals surface area (Å²) in [5.74, 6) is -0.738. The first-order chi connectivity index (χ1) is 13.7. The van der Waals surface area contributed by atoms with Gasteiger partial charge in [0.1, 0.15) is 17.1 Å². The maximum atomic E-state index is 12.5. The number of amides is 1. The summed E-state index contributed by atoms with van der Waals surface area (Å²) < 4.78 is 43.7. The highest BCUT2D eigenvalue weighted by molar-refractivity contribution is 5.91. The Kier molecular flexibility index (Phi) is 5.40. The van der Waals surface area contributed by atoms with Crippen molar-refractivity contribution in [3.05, 3.63) is 70.8 Å². The zero-order valence-electron chi connectivity index (χ0n) is 15.2. The van der Waals surface area contributed by atoms with E-state index in [4.69, 9.17) is 10.5 Å². The lowest BCUT2D eigenvalue weighted by molar-refractivity contribution is -0.153. The van der Waals surface area contributed by atoms with Crippen LogP contribution in [0.1, 0.15) is 10.5 Å². The molecule has 0 radical (unpaired) electrons. The van der Waals surface area contributed by atoms with Gasteiger partial charge < -0.3 is 15.0 Å². The number of ether oxygens (including phenoxy) is 1. The highest BCUT2D eigenvalue weighted by Gasteiger charge is 2.28. The van der Waals surface area contributed by atoms with Gasteiger partial charge in [-0.15, -0.1) is 0 Å². The minimum absolute atomic E-state index is 0.000610. The van der Waals surface area contributed by atoms with E-state index in [0.29, 0.717) is 16.7 Å². The van der Waals surface area contributed by atoms with Gasteiger partial charge in [0, 0.05) is 24.4 Å². The SMILES string of the molecule is Cn1cc(C(N)=O)nc(-c2cccc(-c3ccccc3OCC(F)(F)F)c2)c1=O. The molecule has 3 rings (SSSR count). The number of nitrogens with two attached hydrogens (primary N) is 1. The minimum atomic E-state index is -4.47. The van der Waals surface area contributed by atoms with Gasteiger partial charge >= 0.3 is 6.18 Å². The Morgan fingerprint density at radius 3 is 2.52 bits per heavy atom. The number of hydrogen-bond donors (Lipinski definition) is 1. The normalized spacial score (nSPS) is 11.3. The lowest BCUT2D eigenvalue weighted by Crippen LogP contribution is -2.25. The van der Waals surface area contributed by atoms with E-state index in [1.165, 1.54) is 23.9 Å². The van der Waals surface area contributed by atoms with Crippen molar-refractivity contribution in [1.82, 2.24) is 9.55 Å². The number of halogens is 3. The average Bonchev–Trinajstić information content (AvgIpc) is 2.68. The van der Waals surface area contributed by atoms with Gasteiger partial charge in [0.15, 0.2) is 6.61 Å². The topological polar surface area (TPSA) is 87.2 Å². The van der Waals surface area contributed by atoms with E-state index in [2.05, 4.69) is 4.98 Å². The molecule has 1 heterocycles. The van der Waals surface area contributed by atoms with E-state index < -0.39 is 24.2 Å². The number of rotatable bonds is 5. The Balaban J connectivity index is 2.07. The molecule has 1 amide bonds. The van der Waals surface area contributed by atoms with Crippen molar-refractivity contribution in [2.75, 3.05) is 6.61 Å². The average molecular weight is 403 g/mol. The van der Waals surface area contributed by atoms with E-state index in [1.54, 1.807) is 42.5 Å². The molecule has 0 atom stereocenters. The van der Waals surface area contributed by atoms with Crippen LogP contribution >= 0.6 is 0 Å². The maximum absolute atomic E-state index is 12.5. The zero-order valence-corrected chi connectivity index (χ0v) is 15.2. The monoisotopic (exact) mass is 403 g/mol. The summed E-state index contributed by atoms with van der Waals surface area (Å²) in [6.45, 7) is -1.42. The number of hydrogen-bond acceptors (Lipinski definition) is 4. The second-order valence-corrected chi connectivity index (χ2v) is 6.24. The molecule has 150 valence electrons. The molecule has 0 saturated heterocycles. The summed E-state index contributed by atoms with van der Waals surface area (Å²) in [5.41, 5.74) is 6.06. The second-order valence-electron chi connectivity index (χ2n) is 6.24. The standard InChI is InChI=1S/C20H16F3N3O3/c1-26-10-15(18(24)27)25-17(19(26)28)13-6-4-5-12(9-13)14-7-2-3-8-16(14)29-11-20(21,22)23/h2-10H,11H2,1H3,(H2,24,27). The Morgan fingerprint density at radius 1 is 1.14 bits per heavy atom. The van der Waals surface area contributed by atoms with Gasteiger partial charge in [-0.05, 0) is 17.7 Å². The third-order valence-electron chi connectivity index (χ3n) is 4.05. The van der Waals surface area contributed by atoms with Crippen LogP contribution in [-0.2, 0) is 7.05 Å². The van der Waals surface area contributed by atoms with Crippen molar-refractivity contribution in [1.29, 1.82) is 0 Å². The van der Waals surface area contributed by atoms with Crippen LogP contribution in [0, 0.1) is 0 Å². The quantitative estimate of drug-likeness (QED) is 0.709. The van der Waals surface area contributed by atoms with Crippen molar-refractivity contribution >= 4 is 5.91 Å². The van der Waals surface area contributed by atoms with E-state index >= 15 is 0 Å². The Morgan fingerprint density at radius 2 is 1.83 bits per heavy atom. The van der Waals surface area contributed by atoms with Crippen LogP contribution in [0.2, 0.25) is 0 Å². The van der Waals surface area contributed by atoms with Crippen molar-refractivity contribution in [3.8, 4) is 28.1 Å². The van der Waals surface area contributed by atoms with Gasteiger partial charge in [0.25, 0.3) is 11.5 Å². The first kappa shape index (κ1) is 20.1. The first-order valence-electron chi connectivity index (χ1n) is 8.42. The van der Waals surface area contributed by atoms with Crippen LogP contribution in [-0.4, -0.2) is 28.2 Å². The molecule has 6 nitrogen and oxygen atoms in total. The molecule has 1 aromatic heterocycles. The molecule has 0 bridgehead atoms. The molecule has 0 aliphatic heterocycles. The highest BCUT2D eigenvalue weighted by Crippen LogP contribution is 2.32. The van der Waals surface area contributed by atoms with E-state index in [0.717, 1.165) is 0 Å². The van der Waals surface area contributed by atoms with Gasteiger partial charge in [-0.25, -0.2) is 4.98 Å². The van der Waals surface area contributed by atoms with Crippen molar-refractivity contribution in [2.45, 2.75) is 6.18 Å². The number of primary amides is 1. The lowest BCUT2D eigenvalue weighted by Gasteiger charge is -2.14. The fraction of sp³-hybridized carbons (Fsp3) is 0.150. The number of nitrogens with zero attached hydrogens (tertiary/aromatic N) is 2. The molecular weight excluding hydrogens is 387 g/mol. The van der Waals surface area contributed by atoms with Gasteiger partial charge in [-0.1, -0.05) is 36.4 Å². The van der Waals surface area contributed by atoms with Crippen LogP contribution < -0.4 is 16.0 Å². The van der Waals surface area contributed by atoms with Gasteiger partial charge in [-0.3, -0.25) is 9.59 Å². The van der Waals surface area contributed by atoms with Gasteiger partial charge in [0.2, 0.25) is 0 Å². The summed E-state index contributed by atoms with van der Waals surface area (Å²) in [6, 6.07) is 12.8. The van der Waals surface area contributed by atoms with Crippen LogP contribution in [0.4, 0.5) is 13.2 Å². The number of aromatic nitrogens is 2. The zero-order chi connectivity index (χ0) is 21.2. The van der Waals surface area contributed by atoms with Crippen molar-refractivity contribution in [3.63, 3.8) is 0 Å². The third-order valence-corrected chi connectivity index (χ3v) is 4.05. The van der Waals surface area contributed by atoms with E-state index in [-0.39, 0.29) is 17.1 Å². The Labute approximate surface area is 163 Å². The number of carbonyl (C=O) groups excluding carboxylic acids is 1. The molecule has 2 aromatic carbocycles. The molecule has 0 spiro atoms. The van der Waals surface area contributed by atoms with Crippen LogP contribution in [0.3, 0.4) is 0 Å². The summed E-state index contributed by atoms with van der Waals surface area (Å²) in [5, 5.41) is 0. The lowest BCUT2D eigenvalue weighted by atomic mass is 10.0. The predicted molar refractivity (Wildman–Crippen MR) is 100 cm³/mol. The molecule has 29 heavy (non-hydrogen) atoms. The predicted octanol–water partition coefficient (Wildman–Crippen LogP) is 3.15. The molecule has 9 heteroatoms. The Bertz CT molecular complexity index is 1120. The fourth-order valence-electron chi connectivity index (χ4n) is 2.74. The smallest absolute Gasteiger partial charge is 0.422 e. The maximum Gasteiger partial charge on any atom is 0.422 e. The van der Waals surface area contributed by atoms with E-state index in [1.807, 2.05) is 0 Å². The van der Waals surface area contributed by atoms with E-state index in [9.17, 15) is 22.8 Å². The first-order valence-corrected chi connectivity index (χ1v) is 8.42. The number of aryl methyl sites for hydroxylation is 1. The summed E-state index contributed by atoms with van der Waals surface area (Å²) >= 11 is 0. The molecule has 0 unspecified atom stereocenters. The van der Waals surface area contributed by atoms with Crippen LogP contribution in [0.25, 0.3) is 22.4 Å². The molecule has 3 aromatic rings. The second kappa shape index (κ2) is 7.78. The number of para-hydroxylation sites is 1. The molecule has 0 aliphatic rings. The molecule has 0 aliphatic carbocycles. The van der Waals surface area contributed by atoms with Gasteiger partial charge in [-0.2, -0.15) is 13.2 Å². The summed E-state index contributed by atoms with van der Waals surface area (Å²) in [7, 11) is 1.46. The number of carbonyl (C=O) groups is 1. The number of benzene rings is 2. The summed E-state index contributed by atoms with van der Waals surface area (Å²) in [6.07, 6.45) is -3.24. The van der Waals surface area contributed by atoms with Crippen molar-refractivity contribution < 1.29 is 22.7 Å². The molecule has 0 fully saturated rings. The van der Waals surface area contributed by atoms with Crippen LogP contribution in [0.15, 0.2) is 59.5 Å². The molecule has 2 N–H and O–H groups in total. The summed E-state index contributed by atoms with van der Waals surface area (Å²) in [4.78, 5) is 28.0. The molecule has 0 saturated carbocycles. The Hall–Kier alpha value is -3.62. The third kappa shape index (κ3) is 4.63. The number of alkyl halides is 3. The molecular formula is C20H16F3N3O3. The van der Waals surface area contributed by atoms with Crippen molar-refractivity contribution in [2.24, 2.45) is 12.8 Å². The van der Waals surface area contributed by atoms with Crippen LogP contribution in [0.5, 0.6) is 5.75 Å². The fourth-order valence-corrected chi connectivity index (χ4v) is 2.74. The highest BCUT2D eigenvalue weighted by atomic mass is 19.4. The minimum Gasteiger partial charge on any atom is -0.483 e.